The summed E-state index contributed by atoms with van der Waals surface area (Å²) in [5.74, 6) is 0.184. The van der Waals surface area contributed by atoms with E-state index in [0.717, 1.165) is 28.9 Å². The van der Waals surface area contributed by atoms with E-state index in [-0.39, 0.29) is 17.7 Å². The molecule has 35 heavy (non-hydrogen) atoms. The van der Waals surface area contributed by atoms with Gasteiger partial charge in [-0.2, -0.15) is 5.26 Å². The lowest BCUT2D eigenvalue weighted by Gasteiger charge is -2.28. The predicted octanol–water partition coefficient (Wildman–Crippen LogP) is 4.28. The fraction of sp³-hybridized carbons (Fsp3) is 0.286. The Morgan fingerprint density at radius 2 is 1.71 bits per heavy atom. The van der Waals surface area contributed by atoms with Gasteiger partial charge in [0.1, 0.15) is 30.3 Å². The van der Waals surface area contributed by atoms with E-state index in [2.05, 4.69) is 25.2 Å². The van der Waals surface area contributed by atoms with Crippen LogP contribution in [-0.2, 0) is 6.42 Å². The maximum absolute atomic E-state index is 11.1. The molecule has 0 spiro atoms. The number of carboxylic acids is 1. The van der Waals surface area contributed by atoms with Gasteiger partial charge in [0, 0.05) is 12.1 Å². The fourth-order valence-electron chi connectivity index (χ4n) is 3.67. The fourth-order valence-corrected chi connectivity index (χ4v) is 3.67. The Morgan fingerprint density at radius 3 is 2.31 bits per heavy atom. The maximum Gasteiger partial charge on any atom is 0.335 e. The molecule has 182 valence electrons. The first-order valence-corrected chi connectivity index (χ1v) is 11.3. The highest BCUT2D eigenvalue weighted by Crippen LogP contribution is 2.27. The zero-order valence-corrected chi connectivity index (χ0v) is 20.1. The van der Waals surface area contributed by atoms with Crippen LogP contribution in [0.1, 0.15) is 35.3 Å². The molecular weight excluding hydrogens is 444 g/mol. The van der Waals surface area contributed by atoms with Crippen LogP contribution < -0.4 is 14.8 Å². The summed E-state index contributed by atoms with van der Waals surface area (Å²) in [4.78, 5) is 11.1. The summed E-state index contributed by atoms with van der Waals surface area (Å²) in [5, 5.41) is 32.4. The third kappa shape index (κ3) is 7.31. The van der Waals surface area contributed by atoms with Crippen LogP contribution >= 0.6 is 0 Å². The summed E-state index contributed by atoms with van der Waals surface area (Å²) in [7, 11) is 1.64. The number of aromatic carboxylic acids is 1. The van der Waals surface area contributed by atoms with Gasteiger partial charge in [0.2, 0.25) is 0 Å². The number of ether oxygens (including phenoxy) is 2. The molecule has 3 N–H and O–H groups in total. The lowest BCUT2D eigenvalue weighted by molar-refractivity contribution is 0.0697. The zero-order chi connectivity index (χ0) is 25.4. The standard InChI is InChI=1S/C28H30N2O5/c1-28(2,15-19-4-12-25(34-3)13-5-19)30-17-24(31)18-35-26-14-22(10-11-23(26)16-29)20-6-8-21(9-7-20)27(32)33/h4-14,24,30-31H,15,17-18H2,1-3H3,(H,32,33)/t24-/m1/s1. The van der Waals surface area contributed by atoms with Gasteiger partial charge in [0.05, 0.1) is 18.2 Å². The van der Waals surface area contributed by atoms with Crippen LogP contribution in [0.4, 0.5) is 0 Å². The molecule has 0 saturated carbocycles. The molecule has 3 rings (SSSR count). The number of β-amino-alcohol motifs (C(OH)–C–C–N with tert-alkyl or cyclic N) is 1. The van der Waals surface area contributed by atoms with Gasteiger partial charge >= 0.3 is 5.97 Å². The molecule has 1 atom stereocenters. The van der Waals surface area contributed by atoms with Crippen LogP contribution in [-0.4, -0.2) is 48.1 Å². The first-order valence-electron chi connectivity index (χ1n) is 11.3. The van der Waals surface area contributed by atoms with Crippen LogP contribution in [0.15, 0.2) is 66.7 Å². The van der Waals surface area contributed by atoms with Gasteiger partial charge < -0.3 is 25.0 Å². The third-order valence-electron chi connectivity index (χ3n) is 5.62. The van der Waals surface area contributed by atoms with E-state index in [0.29, 0.717) is 17.9 Å². The van der Waals surface area contributed by atoms with E-state index in [1.165, 1.54) is 12.1 Å². The number of methoxy groups -OCH3 is 1. The van der Waals surface area contributed by atoms with Crippen LogP contribution in [0.3, 0.4) is 0 Å². The minimum atomic E-state index is -0.991. The van der Waals surface area contributed by atoms with Crippen LogP contribution in [0.2, 0.25) is 0 Å². The minimum absolute atomic E-state index is 0.0156. The van der Waals surface area contributed by atoms with E-state index in [4.69, 9.17) is 14.6 Å². The predicted molar refractivity (Wildman–Crippen MR) is 134 cm³/mol. The molecule has 0 aliphatic heterocycles. The normalized spacial score (nSPS) is 12.0. The van der Waals surface area contributed by atoms with E-state index < -0.39 is 12.1 Å². The highest BCUT2D eigenvalue weighted by Gasteiger charge is 2.20. The third-order valence-corrected chi connectivity index (χ3v) is 5.62. The molecule has 0 saturated heterocycles. The Labute approximate surface area is 205 Å². The number of nitriles is 1. The number of benzene rings is 3. The van der Waals surface area contributed by atoms with Crippen LogP contribution in [0.5, 0.6) is 11.5 Å². The van der Waals surface area contributed by atoms with Crippen molar-refractivity contribution in [1.82, 2.24) is 5.32 Å². The molecule has 0 aliphatic carbocycles. The summed E-state index contributed by atoms with van der Waals surface area (Å²) in [5.41, 5.74) is 3.03. The monoisotopic (exact) mass is 474 g/mol. The second-order valence-corrected chi connectivity index (χ2v) is 8.96. The Hall–Kier alpha value is -3.86. The molecule has 0 amide bonds. The summed E-state index contributed by atoms with van der Waals surface area (Å²) in [6.07, 6.45) is -0.0125. The van der Waals surface area contributed by atoms with Crippen LogP contribution in [0, 0.1) is 11.3 Å². The maximum atomic E-state index is 11.1. The average Bonchev–Trinajstić information content (AvgIpc) is 2.86. The second-order valence-electron chi connectivity index (χ2n) is 8.96. The molecule has 0 aliphatic rings. The van der Waals surface area contributed by atoms with Gasteiger partial charge in [-0.05, 0) is 73.4 Å². The molecule has 7 nitrogen and oxygen atoms in total. The average molecular weight is 475 g/mol. The van der Waals surface area contributed by atoms with Gasteiger partial charge in [0.25, 0.3) is 0 Å². The molecular formula is C28H30N2O5. The Morgan fingerprint density at radius 1 is 1.06 bits per heavy atom. The summed E-state index contributed by atoms with van der Waals surface area (Å²) < 4.78 is 11.0. The van der Waals surface area contributed by atoms with Gasteiger partial charge in [0.15, 0.2) is 0 Å². The smallest absolute Gasteiger partial charge is 0.335 e. The molecule has 3 aromatic carbocycles. The van der Waals surface area contributed by atoms with Crippen molar-refractivity contribution < 1.29 is 24.5 Å². The van der Waals surface area contributed by atoms with E-state index >= 15 is 0 Å². The molecule has 7 heteroatoms. The van der Waals surface area contributed by atoms with Crippen molar-refractivity contribution in [3.8, 4) is 28.7 Å². The van der Waals surface area contributed by atoms with E-state index in [9.17, 15) is 15.2 Å². The van der Waals surface area contributed by atoms with Crippen molar-refractivity contribution in [2.75, 3.05) is 20.3 Å². The summed E-state index contributed by atoms with van der Waals surface area (Å²) in [6, 6.07) is 21.6. The number of aliphatic hydroxyl groups excluding tert-OH is 1. The highest BCUT2D eigenvalue weighted by molar-refractivity contribution is 5.88. The van der Waals surface area contributed by atoms with Crippen molar-refractivity contribution in [2.24, 2.45) is 0 Å². The first kappa shape index (κ1) is 25.8. The van der Waals surface area contributed by atoms with Crippen molar-refractivity contribution in [3.63, 3.8) is 0 Å². The number of hydrogen-bond acceptors (Lipinski definition) is 6. The topological polar surface area (TPSA) is 112 Å². The number of nitrogens with zero attached hydrogens (tertiary/aromatic N) is 1. The Balaban J connectivity index is 1.59. The minimum Gasteiger partial charge on any atom is -0.497 e. The molecule has 0 aromatic heterocycles. The summed E-state index contributed by atoms with van der Waals surface area (Å²) in [6.45, 7) is 4.47. The Bertz CT molecular complexity index is 1180. The molecule has 0 unspecified atom stereocenters. The van der Waals surface area contributed by atoms with Gasteiger partial charge in [-0.25, -0.2) is 4.79 Å². The van der Waals surface area contributed by atoms with E-state index in [1.54, 1.807) is 37.4 Å². The molecule has 3 aromatic rings. The van der Waals surface area contributed by atoms with Crippen LogP contribution in [0.25, 0.3) is 11.1 Å². The second kappa shape index (κ2) is 11.5. The molecule has 0 radical (unpaired) electrons. The van der Waals surface area contributed by atoms with Crippen molar-refractivity contribution in [1.29, 1.82) is 5.26 Å². The number of carbonyl (C=O) groups is 1. The molecule has 0 heterocycles. The Kier molecular flexibility index (Phi) is 8.48. The van der Waals surface area contributed by atoms with Crippen molar-refractivity contribution in [3.05, 3.63) is 83.4 Å². The van der Waals surface area contributed by atoms with Gasteiger partial charge in [-0.1, -0.05) is 30.3 Å². The number of aliphatic hydroxyl groups is 1. The quantitative estimate of drug-likeness (QED) is 0.380. The number of carboxylic acid groups (broad SMARTS) is 1. The number of rotatable bonds is 11. The number of nitrogens with one attached hydrogen (secondary N) is 1. The van der Waals surface area contributed by atoms with E-state index in [1.807, 2.05) is 24.3 Å². The highest BCUT2D eigenvalue weighted by atomic mass is 16.5. The molecule has 0 bridgehead atoms. The lowest BCUT2D eigenvalue weighted by Crippen LogP contribution is -2.46. The van der Waals surface area contributed by atoms with Gasteiger partial charge in [-0.3, -0.25) is 0 Å². The SMILES string of the molecule is COc1ccc(CC(C)(C)NC[C@@H](O)COc2cc(-c3ccc(C(=O)O)cc3)ccc2C#N)cc1. The van der Waals surface area contributed by atoms with Crippen molar-refractivity contribution in [2.45, 2.75) is 31.9 Å². The zero-order valence-electron chi connectivity index (χ0n) is 20.1. The first-order chi connectivity index (χ1) is 16.7. The number of hydrogen-bond donors (Lipinski definition) is 3. The van der Waals surface area contributed by atoms with Crippen molar-refractivity contribution >= 4 is 5.97 Å². The largest absolute Gasteiger partial charge is 0.497 e. The molecule has 0 fully saturated rings. The van der Waals surface area contributed by atoms with Gasteiger partial charge in [-0.15, -0.1) is 0 Å². The lowest BCUT2D eigenvalue weighted by atomic mass is 9.94. The summed E-state index contributed by atoms with van der Waals surface area (Å²) >= 11 is 0.